The molecule has 1 heterocycles. The van der Waals surface area contributed by atoms with Crippen LogP contribution in [0.5, 0.6) is 5.75 Å². The van der Waals surface area contributed by atoms with Crippen molar-refractivity contribution in [1.82, 2.24) is 4.98 Å². The summed E-state index contributed by atoms with van der Waals surface area (Å²) in [5.41, 5.74) is 0.692. The van der Waals surface area contributed by atoms with Crippen LogP contribution < -0.4 is 10.1 Å². The third-order valence-electron chi connectivity index (χ3n) is 1.39. The Morgan fingerprint density at radius 2 is 2.14 bits per heavy atom. The van der Waals surface area contributed by atoms with Gasteiger partial charge in [-0.25, -0.2) is 4.98 Å². The van der Waals surface area contributed by atoms with E-state index < -0.39 is 5.30 Å². The number of pyridine rings is 1. The number of nitrogens with zero attached hydrogens (tertiary/aromatic N) is 1. The maximum atomic E-state index is 5.30. The zero-order valence-corrected chi connectivity index (χ0v) is 9.21. The van der Waals surface area contributed by atoms with Gasteiger partial charge in [0.25, 0.3) is 0 Å². The number of aromatic nitrogens is 1. The van der Waals surface area contributed by atoms with Crippen molar-refractivity contribution >= 4 is 45.2 Å². The lowest BCUT2D eigenvalue weighted by Crippen LogP contribution is -2.37. The zero-order chi connectivity index (χ0) is 10.8. The van der Waals surface area contributed by atoms with Crippen LogP contribution in [-0.4, -0.2) is 40.9 Å². The van der Waals surface area contributed by atoms with E-state index in [-0.39, 0.29) is 0 Å². The first-order valence-electron chi connectivity index (χ1n) is 3.81. The summed E-state index contributed by atoms with van der Waals surface area (Å²) in [5, 5.41) is 1.19. The van der Waals surface area contributed by atoms with Gasteiger partial charge in [-0.05, 0) is 27.3 Å². The van der Waals surface area contributed by atoms with E-state index in [0.717, 1.165) is 0 Å². The largest absolute Gasteiger partial charge is 0.512 e. The summed E-state index contributed by atoms with van der Waals surface area (Å²) in [5.74, 6) is 0.392. The Morgan fingerprint density at radius 1 is 1.50 bits per heavy atom. The second-order valence-electron chi connectivity index (χ2n) is 2.71. The van der Waals surface area contributed by atoms with Crippen molar-refractivity contribution in [1.29, 1.82) is 0 Å². The van der Waals surface area contributed by atoms with Gasteiger partial charge in [0.1, 0.15) is 28.1 Å². The van der Waals surface area contributed by atoms with Crippen molar-refractivity contribution in [2.45, 2.75) is 5.30 Å². The van der Waals surface area contributed by atoms with Gasteiger partial charge in [0, 0.05) is 7.05 Å². The van der Waals surface area contributed by atoms with E-state index in [1.165, 1.54) is 6.20 Å². The molecule has 0 bridgehead atoms. The predicted octanol–water partition coefficient (Wildman–Crippen LogP) is 0.381. The molecule has 0 saturated carbocycles. The number of hydrogen-bond donors (Lipinski definition) is 1. The number of anilines is 1. The van der Waals surface area contributed by atoms with Crippen molar-refractivity contribution in [3.05, 3.63) is 16.9 Å². The van der Waals surface area contributed by atoms with E-state index >= 15 is 0 Å². The highest BCUT2D eigenvalue weighted by Gasteiger charge is 2.13. The summed E-state index contributed by atoms with van der Waals surface area (Å²) < 4.78 is 5.74. The van der Waals surface area contributed by atoms with Crippen LogP contribution in [0, 0.1) is 0 Å². The summed E-state index contributed by atoms with van der Waals surface area (Å²) >= 11 is 3.22. The second kappa shape index (κ2) is 4.30. The molecule has 0 atom stereocenters. The molecule has 0 aromatic carbocycles. The highest BCUT2D eigenvalue weighted by molar-refractivity contribution is 9.10. The molecular formula is C7H6B3BrN2O. The highest BCUT2D eigenvalue weighted by atomic mass is 79.9. The van der Waals surface area contributed by atoms with Crippen molar-refractivity contribution < 1.29 is 4.74 Å². The van der Waals surface area contributed by atoms with Crippen LogP contribution in [-0.2, 0) is 0 Å². The van der Waals surface area contributed by atoms with Gasteiger partial charge in [0.05, 0.1) is 11.9 Å². The Morgan fingerprint density at radius 3 is 2.64 bits per heavy atom. The Kier molecular flexibility index (Phi) is 3.53. The maximum Gasteiger partial charge on any atom is 0.158 e. The van der Waals surface area contributed by atoms with Crippen molar-refractivity contribution in [3.8, 4) is 5.75 Å². The van der Waals surface area contributed by atoms with Crippen molar-refractivity contribution in [2.75, 3.05) is 12.4 Å². The summed E-state index contributed by atoms with van der Waals surface area (Å²) in [6.45, 7) is 0. The van der Waals surface area contributed by atoms with Gasteiger partial charge in [-0.1, -0.05) is 0 Å². The summed E-state index contributed by atoms with van der Waals surface area (Å²) in [4.78, 5) is 3.96. The number of halogens is 1. The molecule has 0 spiro atoms. The molecule has 0 aliphatic heterocycles. The molecule has 14 heavy (non-hydrogen) atoms. The van der Waals surface area contributed by atoms with Gasteiger partial charge in [-0.2, -0.15) is 0 Å². The van der Waals surface area contributed by atoms with E-state index in [1.54, 1.807) is 13.1 Å². The minimum Gasteiger partial charge on any atom is -0.512 e. The molecular weight excluding hydrogens is 240 g/mol. The van der Waals surface area contributed by atoms with Gasteiger partial charge < -0.3 is 10.1 Å². The standard InChI is InChI=1S/C7H6B3BrN2O/c1-12-4-2-6(11)13-3-5(4)14-7(8,9)10/h2-3H,1H3,(H,12,13). The Hall–Kier alpha value is -0.575. The van der Waals surface area contributed by atoms with E-state index in [1.807, 2.05) is 0 Å². The summed E-state index contributed by atoms with van der Waals surface area (Å²) in [6, 6.07) is 1.72. The molecule has 1 rings (SSSR count). The van der Waals surface area contributed by atoms with Crippen molar-refractivity contribution in [3.63, 3.8) is 0 Å². The molecule has 1 N–H and O–H groups in total. The minimum atomic E-state index is -1.71. The van der Waals surface area contributed by atoms with Crippen LogP contribution in [0.15, 0.2) is 16.9 Å². The van der Waals surface area contributed by atoms with Gasteiger partial charge in [0.15, 0.2) is 5.75 Å². The Balaban J connectivity index is 2.97. The van der Waals surface area contributed by atoms with Gasteiger partial charge in [-0.15, -0.1) is 0 Å². The molecule has 6 radical (unpaired) electrons. The van der Waals surface area contributed by atoms with Gasteiger partial charge in [0.2, 0.25) is 0 Å². The molecule has 66 valence electrons. The number of rotatable bonds is 3. The molecule has 0 aliphatic carbocycles. The highest BCUT2D eigenvalue weighted by Crippen LogP contribution is 2.26. The molecule has 0 saturated heterocycles. The van der Waals surface area contributed by atoms with E-state index in [9.17, 15) is 0 Å². The monoisotopic (exact) mass is 246 g/mol. The molecule has 1 aromatic rings. The van der Waals surface area contributed by atoms with Crippen molar-refractivity contribution in [2.24, 2.45) is 0 Å². The molecule has 0 aliphatic rings. The van der Waals surface area contributed by atoms with E-state index in [0.29, 0.717) is 16.0 Å². The fourth-order valence-electron chi connectivity index (χ4n) is 0.884. The lowest BCUT2D eigenvalue weighted by Gasteiger charge is -2.24. The van der Waals surface area contributed by atoms with Gasteiger partial charge in [-0.3, -0.25) is 0 Å². The normalized spacial score (nSPS) is 11.0. The number of ether oxygens (including phenoxy) is 1. The maximum absolute atomic E-state index is 5.30. The minimum absolute atomic E-state index is 0.392. The van der Waals surface area contributed by atoms with Crippen LogP contribution in [0.1, 0.15) is 0 Å². The quantitative estimate of drug-likeness (QED) is 0.618. The average Bonchev–Trinajstić information content (AvgIpc) is 2.06. The predicted molar refractivity (Wildman–Crippen MR) is 62.1 cm³/mol. The SMILES string of the molecule is [B]C([B])([B])Oc1cnc(Br)cc1NC. The zero-order valence-electron chi connectivity index (χ0n) is 7.62. The molecule has 0 amide bonds. The lowest BCUT2D eigenvalue weighted by molar-refractivity contribution is 0.318. The first-order valence-corrected chi connectivity index (χ1v) is 4.60. The fourth-order valence-corrected chi connectivity index (χ4v) is 1.22. The molecule has 1 aromatic heterocycles. The molecule has 0 unspecified atom stereocenters. The number of hydrogen-bond acceptors (Lipinski definition) is 3. The molecule has 0 fully saturated rings. The summed E-state index contributed by atoms with van der Waals surface area (Å²) in [7, 11) is 17.6. The number of nitrogens with one attached hydrogen (secondary N) is 1. The first-order chi connectivity index (χ1) is 6.42. The van der Waals surface area contributed by atoms with Gasteiger partial charge >= 0.3 is 0 Å². The average molecular weight is 246 g/mol. The van der Waals surface area contributed by atoms with Crippen LogP contribution in [0.3, 0.4) is 0 Å². The first kappa shape index (κ1) is 11.5. The second-order valence-corrected chi connectivity index (χ2v) is 3.52. The topological polar surface area (TPSA) is 34.1 Å². The van der Waals surface area contributed by atoms with Crippen LogP contribution in [0.25, 0.3) is 0 Å². The molecule has 3 nitrogen and oxygen atoms in total. The lowest BCUT2D eigenvalue weighted by atomic mass is 9.52. The Bertz CT molecular complexity index is 329. The van der Waals surface area contributed by atoms with E-state index in [4.69, 9.17) is 28.3 Å². The third kappa shape index (κ3) is 3.29. The molecule has 7 heteroatoms. The fraction of sp³-hybridized carbons (Fsp3) is 0.286. The van der Waals surface area contributed by atoms with Crippen LogP contribution >= 0.6 is 15.9 Å². The smallest absolute Gasteiger partial charge is 0.158 e. The van der Waals surface area contributed by atoms with Crippen LogP contribution in [0.4, 0.5) is 5.69 Å². The van der Waals surface area contributed by atoms with Crippen LogP contribution in [0.2, 0.25) is 0 Å². The summed E-state index contributed by atoms with van der Waals surface area (Å²) in [6.07, 6.45) is 1.47. The Labute approximate surface area is 95.4 Å². The third-order valence-corrected chi connectivity index (χ3v) is 1.82. The van der Waals surface area contributed by atoms with E-state index in [2.05, 4.69) is 26.2 Å².